The number of nitrogens with two attached hydrogens (primary N) is 1. The Morgan fingerprint density at radius 2 is 1.92 bits per heavy atom. The number of phenolic OH excluding ortho intramolecular Hbond substituents is 1. The molecular weight excluding hydrogens is 470 g/mol. The van der Waals surface area contributed by atoms with Gasteiger partial charge in [-0.3, -0.25) is 4.99 Å². The number of phenols is 1. The van der Waals surface area contributed by atoms with Gasteiger partial charge in [-0.25, -0.2) is 0 Å². The number of hydrogen-bond acceptors (Lipinski definition) is 6. The van der Waals surface area contributed by atoms with Crippen LogP contribution in [0.3, 0.4) is 0 Å². The highest BCUT2D eigenvalue weighted by Crippen LogP contribution is 2.35. The summed E-state index contributed by atoms with van der Waals surface area (Å²) in [5, 5.41) is 22.5. The van der Waals surface area contributed by atoms with Gasteiger partial charge in [0.1, 0.15) is 11.6 Å². The molecular formula is C32H51N5O. The lowest BCUT2D eigenvalue weighted by atomic mass is 9.73. The average Bonchev–Trinajstić information content (AvgIpc) is 3.02. The predicted octanol–water partition coefficient (Wildman–Crippen LogP) is 7.42. The molecule has 4 N–H and O–H groups in total. The van der Waals surface area contributed by atoms with Gasteiger partial charge >= 0.3 is 0 Å². The minimum Gasteiger partial charge on any atom is -0.507 e. The van der Waals surface area contributed by atoms with Gasteiger partial charge in [0.25, 0.3) is 0 Å². The molecule has 6 heteroatoms. The van der Waals surface area contributed by atoms with E-state index < -0.39 is 0 Å². The third-order valence-corrected chi connectivity index (χ3v) is 7.36. The van der Waals surface area contributed by atoms with Gasteiger partial charge < -0.3 is 16.2 Å². The van der Waals surface area contributed by atoms with E-state index in [0.717, 1.165) is 29.0 Å². The normalized spacial score (nSPS) is 21.3. The van der Waals surface area contributed by atoms with Gasteiger partial charge in [-0.15, -0.1) is 10.2 Å². The van der Waals surface area contributed by atoms with Crippen molar-refractivity contribution >= 4 is 23.3 Å². The lowest BCUT2D eigenvalue weighted by Gasteiger charge is -2.48. The zero-order chi connectivity index (χ0) is 28.5. The van der Waals surface area contributed by atoms with E-state index in [1.54, 1.807) is 6.07 Å². The van der Waals surface area contributed by atoms with Crippen molar-refractivity contribution in [3.63, 3.8) is 0 Å². The summed E-state index contributed by atoms with van der Waals surface area (Å²) in [6, 6.07) is 5.77. The highest BCUT2D eigenvalue weighted by Gasteiger charge is 2.38. The Balaban J connectivity index is 0.000000328. The molecule has 0 unspecified atom stereocenters. The number of nitrogens with zero attached hydrogens (tertiary/aromatic N) is 3. The number of allylic oxidation sites excluding steroid dienone is 3. The molecule has 0 amide bonds. The molecule has 210 valence electrons. The lowest BCUT2D eigenvalue weighted by molar-refractivity contribution is 0.105. The molecule has 1 saturated heterocycles. The van der Waals surface area contributed by atoms with Gasteiger partial charge in [-0.05, 0) is 109 Å². The summed E-state index contributed by atoms with van der Waals surface area (Å²) in [5.41, 5.74) is 10.8. The molecule has 1 aromatic rings. The van der Waals surface area contributed by atoms with Gasteiger partial charge in [0.15, 0.2) is 0 Å². The molecule has 2 aliphatic heterocycles. The van der Waals surface area contributed by atoms with E-state index in [1.165, 1.54) is 25.7 Å². The summed E-state index contributed by atoms with van der Waals surface area (Å²) < 4.78 is 0. The number of aliphatic imine (C=N–C) groups is 1. The summed E-state index contributed by atoms with van der Waals surface area (Å²) in [4.78, 5) is 4.42. The number of hydrogen-bond donors (Lipinski definition) is 3. The Bertz CT molecular complexity index is 1090. The number of aromatic hydroxyl groups is 1. The van der Waals surface area contributed by atoms with E-state index in [9.17, 15) is 5.11 Å². The maximum Gasteiger partial charge on any atom is 0.126 e. The molecule has 2 heterocycles. The highest BCUT2D eigenvalue weighted by atomic mass is 16.3. The molecule has 3 rings (SSSR count). The Kier molecular flexibility index (Phi) is 11.5. The first-order chi connectivity index (χ1) is 17.8. The molecule has 0 bridgehead atoms. The summed E-state index contributed by atoms with van der Waals surface area (Å²) in [7, 11) is 0. The number of amidine groups is 1. The molecule has 0 aliphatic carbocycles. The standard InChI is InChI=1S/C20H26N4O.C12H25N/c1-5-14-9-18(23-24-20(21)10-14)17-8-7-16(11-19(17)25)15(6-2)12-22-13(3)4;1-6-7-10-8-9-11(2,3)13-12(10,4)5/h6-9,11-13,25H,5,10H2,1-4H3,(H2,21,24);10,13H,6-9H2,1-5H3/b15-6+,22-12?;/t;10-/m.1/s1. The van der Waals surface area contributed by atoms with Crippen molar-refractivity contribution in [2.45, 2.75) is 118 Å². The summed E-state index contributed by atoms with van der Waals surface area (Å²) in [6.07, 6.45) is 12.6. The minimum absolute atomic E-state index is 0.163. The highest BCUT2D eigenvalue weighted by molar-refractivity contribution is 6.13. The van der Waals surface area contributed by atoms with Crippen LogP contribution >= 0.6 is 0 Å². The van der Waals surface area contributed by atoms with E-state index in [2.05, 4.69) is 62.1 Å². The molecule has 2 aliphatic rings. The van der Waals surface area contributed by atoms with Gasteiger partial charge in [-0.1, -0.05) is 38.0 Å². The van der Waals surface area contributed by atoms with Crippen LogP contribution in [-0.2, 0) is 0 Å². The van der Waals surface area contributed by atoms with Crippen molar-refractivity contribution in [2.75, 3.05) is 0 Å². The smallest absolute Gasteiger partial charge is 0.126 e. The zero-order valence-corrected chi connectivity index (χ0v) is 25.2. The first-order valence-electron chi connectivity index (χ1n) is 14.2. The van der Waals surface area contributed by atoms with Crippen molar-refractivity contribution in [3.8, 4) is 5.75 Å². The molecule has 0 radical (unpaired) electrons. The van der Waals surface area contributed by atoms with Crippen LogP contribution in [0.2, 0.25) is 0 Å². The summed E-state index contributed by atoms with van der Waals surface area (Å²) in [5.74, 6) is 1.52. The van der Waals surface area contributed by atoms with Crippen LogP contribution in [0.15, 0.2) is 51.1 Å². The molecule has 38 heavy (non-hydrogen) atoms. The second kappa shape index (κ2) is 13.9. The van der Waals surface area contributed by atoms with E-state index in [1.807, 2.05) is 51.3 Å². The first-order valence-corrected chi connectivity index (χ1v) is 14.2. The molecule has 6 nitrogen and oxygen atoms in total. The van der Waals surface area contributed by atoms with E-state index in [-0.39, 0.29) is 11.8 Å². The third kappa shape index (κ3) is 9.23. The van der Waals surface area contributed by atoms with Crippen LogP contribution in [0.25, 0.3) is 5.57 Å². The number of rotatable bonds is 7. The number of nitrogens with one attached hydrogen (secondary N) is 1. The van der Waals surface area contributed by atoms with Crippen LogP contribution in [0.5, 0.6) is 5.75 Å². The number of piperidine rings is 1. The molecule has 0 aromatic heterocycles. The Morgan fingerprint density at radius 1 is 1.21 bits per heavy atom. The Hall–Kier alpha value is -2.73. The third-order valence-electron chi connectivity index (χ3n) is 7.36. The molecule has 0 saturated carbocycles. The second-order valence-corrected chi connectivity index (χ2v) is 12.0. The largest absolute Gasteiger partial charge is 0.507 e. The molecule has 0 spiro atoms. The number of benzene rings is 1. The lowest BCUT2D eigenvalue weighted by Crippen LogP contribution is -2.59. The monoisotopic (exact) mass is 521 g/mol. The zero-order valence-electron chi connectivity index (χ0n) is 25.2. The minimum atomic E-state index is 0.163. The van der Waals surface area contributed by atoms with Crippen LogP contribution in [0.1, 0.15) is 112 Å². The Labute approximate surface area is 231 Å². The van der Waals surface area contributed by atoms with Gasteiger partial charge in [0.05, 0.1) is 5.71 Å². The fourth-order valence-electron chi connectivity index (χ4n) is 5.28. The second-order valence-electron chi connectivity index (χ2n) is 12.0. The van der Waals surface area contributed by atoms with Gasteiger partial charge in [0.2, 0.25) is 0 Å². The van der Waals surface area contributed by atoms with E-state index >= 15 is 0 Å². The maximum atomic E-state index is 10.5. The molecule has 1 aromatic carbocycles. The molecule has 1 atom stereocenters. The maximum absolute atomic E-state index is 10.5. The topological polar surface area (TPSA) is 95.4 Å². The fraction of sp³-hybridized carbons (Fsp3) is 0.594. The quantitative estimate of drug-likeness (QED) is 0.326. The molecule has 1 fully saturated rings. The van der Waals surface area contributed by atoms with Gasteiger partial charge in [0, 0.05) is 35.3 Å². The fourth-order valence-corrected chi connectivity index (χ4v) is 5.28. The first kappa shape index (κ1) is 31.5. The predicted molar refractivity (Wildman–Crippen MR) is 165 cm³/mol. The van der Waals surface area contributed by atoms with E-state index in [0.29, 0.717) is 34.6 Å². The van der Waals surface area contributed by atoms with E-state index in [4.69, 9.17) is 5.73 Å². The van der Waals surface area contributed by atoms with Crippen LogP contribution < -0.4 is 11.1 Å². The average molecular weight is 522 g/mol. The van der Waals surface area contributed by atoms with Crippen molar-refractivity contribution in [3.05, 3.63) is 47.1 Å². The van der Waals surface area contributed by atoms with Crippen molar-refractivity contribution in [1.29, 1.82) is 0 Å². The summed E-state index contributed by atoms with van der Waals surface area (Å²) in [6.45, 7) is 19.7. The van der Waals surface area contributed by atoms with Crippen LogP contribution in [-0.4, -0.2) is 40.0 Å². The van der Waals surface area contributed by atoms with Gasteiger partial charge in [-0.2, -0.15) is 0 Å². The van der Waals surface area contributed by atoms with Crippen LogP contribution in [0.4, 0.5) is 0 Å². The van der Waals surface area contributed by atoms with Crippen molar-refractivity contribution in [1.82, 2.24) is 5.32 Å². The van der Waals surface area contributed by atoms with Crippen molar-refractivity contribution < 1.29 is 5.11 Å². The Morgan fingerprint density at radius 3 is 2.47 bits per heavy atom. The summed E-state index contributed by atoms with van der Waals surface area (Å²) >= 11 is 0. The van der Waals surface area contributed by atoms with Crippen molar-refractivity contribution in [2.24, 2.45) is 26.8 Å². The SMILES string of the molecule is C/C=C(\C=NC(C)C)c1ccc(C2=NN=C(N)CC(CC)=C2)c(O)c1.CCC[C@@H]1CCC(C)(C)NC1(C)C. The van der Waals surface area contributed by atoms with Crippen LogP contribution in [0, 0.1) is 5.92 Å².